The number of carbonyl (C=O) groups excluding carboxylic acids is 2. The second-order valence-corrected chi connectivity index (χ2v) is 7.49. The largest absolute Gasteiger partial charge is 0.426 e. The molecule has 2 aliphatic heterocycles. The molecule has 4 nitrogen and oxygen atoms in total. The number of ether oxygens (including phenoxy) is 1. The molecular formula is C22H21F2NO3. The lowest BCUT2D eigenvalue weighted by molar-refractivity contribution is -0.131. The highest BCUT2D eigenvalue weighted by atomic mass is 19.1. The van der Waals surface area contributed by atoms with Crippen LogP contribution in [0.25, 0.3) is 0 Å². The summed E-state index contributed by atoms with van der Waals surface area (Å²) in [5, 5.41) is 0. The number of carbonyl (C=O) groups is 2. The molecule has 146 valence electrons. The van der Waals surface area contributed by atoms with Crippen molar-refractivity contribution < 1.29 is 23.1 Å². The fraction of sp³-hybridized carbons (Fsp3) is 0.364. The lowest BCUT2D eigenvalue weighted by atomic mass is 9.90. The Kier molecular flexibility index (Phi) is 5.11. The summed E-state index contributed by atoms with van der Waals surface area (Å²) in [7, 11) is 0. The molecule has 0 aliphatic carbocycles. The van der Waals surface area contributed by atoms with Crippen molar-refractivity contribution >= 4 is 17.4 Å². The summed E-state index contributed by atoms with van der Waals surface area (Å²) >= 11 is 0. The molecule has 0 radical (unpaired) electrons. The van der Waals surface area contributed by atoms with E-state index < -0.39 is 11.6 Å². The number of nitrogens with zero attached hydrogens (tertiary/aromatic N) is 1. The summed E-state index contributed by atoms with van der Waals surface area (Å²) in [5.74, 6) is -0.479. The Morgan fingerprint density at radius 1 is 1.07 bits per heavy atom. The van der Waals surface area contributed by atoms with Crippen LogP contribution in [0.5, 0.6) is 5.75 Å². The van der Waals surface area contributed by atoms with Gasteiger partial charge in [-0.3, -0.25) is 9.59 Å². The molecule has 2 aliphatic rings. The Morgan fingerprint density at radius 3 is 2.50 bits per heavy atom. The van der Waals surface area contributed by atoms with Crippen molar-refractivity contribution in [1.29, 1.82) is 0 Å². The van der Waals surface area contributed by atoms with E-state index in [1.807, 2.05) is 4.90 Å². The first kappa shape index (κ1) is 18.6. The number of Topliss-reactive ketones (excluding diaryl/α,β-unsaturated/α-hetero) is 1. The Bertz CT molecular complexity index is 900. The van der Waals surface area contributed by atoms with Crippen LogP contribution in [-0.2, 0) is 11.2 Å². The maximum Gasteiger partial charge on any atom is 0.315 e. The molecule has 0 saturated carbocycles. The van der Waals surface area contributed by atoms with Gasteiger partial charge in [0.1, 0.15) is 17.4 Å². The Morgan fingerprint density at radius 2 is 1.79 bits per heavy atom. The average molecular weight is 385 g/mol. The maximum atomic E-state index is 13.4. The molecule has 0 spiro atoms. The summed E-state index contributed by atoms with van der Waals surface area (Å²) in [5.41, 5.74) is 1.96. The number of fused-ring (bicyclic) bond motifs is 1. The monoisotopic (exact) mass is 385 g/mol. The summed E-state index contributed by atoms with van der Waals surface area (Å²) in [6, 6.07) is 8.78. The van der Waals surface area contributed by atoms with E-state index in [1.54, 1.807) is 18.2 Å². The zero-order valence-electron chi connectivity index (χ0n) is 15.4. The van der Waals surface area contributed by atoms with Crippen molar-refractivity contribution in [1.82, 2.24) is 0 Å². The number of halogens is 2. The van der Waals surface area contributed by atoms with Gasteiger partial charge in [-0.05, 0) is 43.4 Å². The van der Waals surface area contributed by atoms with Crippen LogP contribution in [0.1, 0.15) is 41.6 Å². The summed E-state index contributed by atoms with van der Waals surface area (Å²) < 4.78 is 31.9. The SMILES string of the molecule is O=C1Cc2ccc(C(=O)CCC3CCN(c4cc(F)cc(F)c4)CC3)cc2O1. The van der Waals surface area contributed by atoms with E-state index in [-0.39, 0.29) is 18.2 Å². The first-order valence-corrected chi connectivity index (χ1v) is 9.56. The predicted octanol–water partition coefficient (Wildman–Crippen LogP) is 4.31. The molecule has 0 amide bonds. The van der Waals surface area contributed by atoms with E-state index in [9.17, 15) is 18.4 Å². The second kappa shape index (κ2) is 7.70. The van der Waals surface area contributed by atoms with Crippen molar-refractivity contribution in [2.75, 3.05) is 18.0 Å². The van der Waals surface area contributed by atoms with Crippen molar-refractivity contribution in [3.63, 3.8) is 0 Å². The molecule has 0 N–H and O–H groups in total. The van der Waals surface area contributed by atoms with E-state index >= 15 is 0 Å². The van der Waals surface area contributed by atoms with E-state index in [0.29, 0.717) is 29.3 Å². The maximum absolute atomic E-state index is 13.4. The van der Waals surface area contributed by atoms with Crippen LogP contribution in [0.2, 0.25) is 0 Å². The molecule has 0 unspecified atom stereocenters. The normalized spacial score (nSPS) is 16.8. The lowest BCUT2D eigenvalue weighted by Crippen LogP contribution is -2.33. The molecule has 0 bridgehead atoms. The van der Waals surface area contributed by atoms with Crippen LogP contribution in [0.3, 0.4) is 0 Å². The van der Waals surface area contributed by atoms with Crippen molar-refractivity contribution in [2.24, 2.45) is 5.92 Å². The lowest BCUT2D eigenvalue weighted by Gasteiger charge is -2.33. The first-order chi connectivity index (χ1) is 13.5. The van der Waals surface area contributed by atoms with Gasteiger partial charge in [-0.15, -0.1) is 0 Å². The standard InChI is InChI=1S/C22H21F2NO3/c23-17-11-18(24)13-19(12-17)25-7-5-14(6-8-25)1-4-20(26)15-2-3-16-10-22(27)28-21(16)9-15/h2-3,9,11-14H,1,4-8,10H2. The van der Waals surface area contributed by atoms with Crippen LogP contribution in [0.4, 0.5) is 14.5 Å². The minimum absolute atomic E-state index is 0.0420. The Balaban J connectivity index is 1.29. The van der Waals surface area contributed by atoms with Gasteiger partial charge >= 0.3 is 5.97 Å². The predicted molar refractivity (Wildman–Crippen MR) is 101 cm³/mol. The van der Waals surface area contributed by atoms with E-state index in [2.05, 4.69) is 0 Å². The molecule has 1 fully saturated rings. The molecule has 2 heterocycles. The van der Waals surface area contributed by atoms with Gasteiger partial charge in [-0.1, -0.05) is 12.1 Å². The van der Waals surface area contributed by atoms with Crippen LogP contribution in [0, 0.1) is 17.6 Å². The second-order valence-electron chi connectivity index (χ2n) is 7.49. The zero-order chi connectivity index (χ0) is 19.7. The molecule has 4 rings (SSSR count). The first-order valence-electron chi connectivity index (χ1n) is 9.56. The zero-order valence-corrected chi connectivity index (χ0v) is 15.4. The third kappa shape index (κ3) is 4.06. The fourth-order valence-electron chi connectivity index (χ4n) is 3.96. The topological polar surface area (TPSA) is 46.6 Å². The smallest absolute Gasteiger partial charge is 0.315 e. The third-order valence-electron chi connectivity index (χ3n) is 5.55. The highest BCUT2D eigenvalue weighted by Gasteiger charge is 2.23. The highest BCUT2D eigenvalue weighted by molar-refractivity contribution is 5.97. The summed E-state index contributed by atoms with van der Waals surface area (Å²) in [6.07, 6.45) is 3.24. The number of anilines is 1. The number of benzene rings is 2. The van der Waals surface area contributed by atoms with E-state index in [4.69, 9.17) is 4.74 Å². The van der Waals surface area contributed by atoms with Gasteiger partial charge in [-0.25, -0.2) is 8.78 Å². The molecule has 6 heteroatoms. The minimum atomic E-state index is -0.567. The Hall–Kier alpha value is -2.76. The molecular weight excluding hydrogens is 364 g/mol. The number of hydrogen-bond acceptors (Lipinski definition) is 4. The van der Waals surface area contributed by atoms with Gasteiger partial charge in [0.2, 0.25) is 0 Å². The fourth-order valence-corrected chi connectivity index (χ4v) is 3.96. The van der Waals surface area contributed by atoms with E-state index in [1.165, 1.54) is 12.1 Å². The van der Waals surface area contributed by atoms with Gasteiger partial charge in [0.15, 0.2) is 5.78 Å². The quantitative estimate of drug-likeness (QED) is 0.437. The number of ketones is 1. The van der Waals surface area contributed by atoms with Crippen molar-refractivity contribution in [3.05, 3.63) is 59.2 Å². The van der Waals surface area contributed by atoms with Gasteiger partial charge in [-0.2, -0.15) is 0 Å². The van der Waals surface area contributed by atoms with Crippen LogP contribution >= 0.6 is 0 Å². The van der Waals surface area contributed by atoms with Crippen LogP contribution in [0.15, 0.2) is 36.4 Å². The van der Waals surface area contributed by atoms with Crippen LogP contribution in [-0.4, -0.2) is 24.8 Å². The van der Waals surface area contributed by atoms with Gasteiger partial charge in [0.05, 0.1) is 6.42 Å². The molecule has 0 atom stereocenters. The minimum Gasteiger partial charge on any atom is -0.426 e. The van der Waals surface area contributed by atoms with Crippen LogP contribution < -0.4 is 9.64 Å². The van der Waals surface area contributed by atoms with Gasteiger partial charge in [0.25, 0.3) is 0 Å². The molecule has 2 aromatic rings. The third-order valence-corrected chi connectivity index (χ3v) is 5.55. The van der Waals surface area contributed by atoms with E-state index in [0.717, 1.165) is 44.0 Å². The molecule has 28 heavy (non-hydrogen) atoms. The highest BCUT2D eigenvalue weighted by Crippen LogP contribution is 2.30. The van der Waals surface area contributed by atoms with Gasteiger partial charge < -0.3 is 9.64 Å². The van der Waals surface area contributed by atoms with Gasteiger partial charge in [0, 0.05) is 42.4 Å². The molecule has 0 aromatic heterocycles. The van der Waals surface area contributed by atoms with Crippen molar-refractivity contribution in [2.45, 2.75) is 32.1 Å². The number of hydrogen-bond donors (Lipinski definition) is 0. The number of piperidine rings is 1. The molecule has 2 aromatic carbocycles. The summed E-state index contributed by atoms with van der Waals surface area (Å²) in [6.45, 7) is 1.44. The van der Waals surface area contributed by atoms with Crippen molar-refractivity contribution in [3.8, 4) is 5.75 Å². The Labute approximate surface area is 162 Å². The average Bonchev–Trinajstić information content (AvgIpc) is 3.05. The number of rotatable bonds is 5. The summed E-state index contributed by atoms with van der Waals surface area (Å²) in [4.78, 5) is 25.8. The molecule has 1 saturated heterocycles. The number of esters is 1.